The summed E-state index contributed by atoms with van der Waals surface area (Å²) in [6.45, 7) is 0. The van der Waals surface area contributed by atoms with Crippen LogP contribution >= 0.6 is 0 Å². The van der Waals surface area contributed by atoms with E-state index in [1.165, 1.54) is 24.5 Å². The highest BCUT2D eigenvalue weighted by Crippen LogP contribution is 2.29. The number of carboxylic acid groups (broad SMARTS) is 1. The van der Waals surface area contributed by atoms with Crippen molar-refractivity contribution in [2.24, 2.45) is 11.8 Å². The van der Waals surface area contributed by atoms with E-state index < -0.39 is 29.6 Å². The average Bonchev–Trinajstić information content (AvgIpc) is 2.53. The van der Waals surface area contributed by atoms with Crippen molar-refractivity contribution >= 4 is 17.8 Å². The summed E-state index contributed by atoms with van der Waals surface area (Å²) in [5.74, 6) is -3.65. The van der Waals surface area contributed by atoms with E-state index in [4.69, 9.17) is 0 Å². The van der Waals surface area contributed by atoms with Gasteiger partial charge in [0.1, 0.15) is 0 Å². The van der Waals surface area contributed by atoms with Gasteiger partial charge in [-0.15, -0.1) is 0 Å². The molecule has 21 heavy (non-hydrogen) atoms. The zero-order valence-electron chi connectivity index (χ0n) is 11.4. The van der Waals surface area contributed by atoms with Gasteiger partial charge in [0, 0.05) is 35.8 Å². The molecule has 0 aromatic carbocycles. The first kappa shape index (κ1) is 15.0. The smallest absolute Gasteiger partial charge is 0.269 e. The molecule has 7 nitrogen and oxygen atoms in total. The first-order valence-electron chi connectivity index (χ1n) is 6.80. The van der Waals surface area contributed by atoms with Crippen molar-refractivity contribution in [2.45, 2.75) is 25.7 Å². The number of hydrazine groups is 1. The van der Waals surface area contributed by atoms with Crippen molar-refractivity contribution in [1.82, 2.24) is 15.8 Å². The minimum atomic E-state index is -1.21. The summed E-state index contributed by atoms with van der Waals surface area (Å²) in [5.41, 5.74) is 4.91. The molecule has 112 valence electrons. The predicted octanol–water partition coefficient (Wildman–Crippen LogP) is -0.601. The van der Waals surface area contributed by atoms with Crippen LogP contribution in [0.4, 0.5) is 0 Å². The van der Waals surface area contributed by atoms with Crippen LogP contribution in [-0.4, -0.2) is 22.8 Å². The van der Waals surface area contributed by atoms with Gasteiger partial charge in [0.05, 0.1) is 0 Å². The quantitative estimate of drug-likeness (QED) is 0.722. The Labute approximate surface area is 121 Å². The van der Waals surface area contributed by atoms with Crippen LogP contribution in [0.1, 0.15) is 36.0 Å². The Hall–Kier alpha value is -2.44. The number of hydrogen-bond donors (Lipinski definition) is 2. The van der Waals surface area contributed by atoms with Gasteiger partial charge in [-0.1, -0.05) is 12.8 Å². The lowest BCUT2D eigenvalue weighted by molar-refractivity contribution is -0.314. The maximum atomic E-state index is 12.0. The highest BCUT2D eigenvalue weighted by Gasteiger charge is 2.31. The predicted molar refractivity (Wildman–Crippen MR) is 70.3 cm³/mol. The fraction of sp³-hybridized carbons (Fsp3) is 0.429. The normalized spacial score (nSPS) is 21.3. The number of rotatable bonds is 3. The van der Waals surface area contributed by atoms with E-state index in [0.29, 0.717) is 18.4 Å². The molecule has 0 aliphatic heterocycles. The van der Waals surface area contributed by atoms with Gasteiger partial charge in [0.2, 0.25) is 5.91 Å². The number of carbonyl (C=O) groups is 3. The van der Waals surface area contributed by atoms with Crippen molar-refractivity contribution in [3.05, 3.63) is 30.1 Å². The number of pyridine rings is 1. The fourth-order valence-electron chi connectivity index (χ4n) is 2.51. The Bertz CT molecular complexity index is 532. The van der Waals surface area contributed by atoms with Gasteiger partial charge in [-0.2, -0.15) is 0 Å². The van der Waals surface area contributed by atoms with Crippen LogP contribution < -0.4 is 16.0 Å². The van der Waals surface area contributed by atoms with Gasteiger partial charge < -0.3 is 9.90 Å². The largest absolute Gasteiger partial charge is 0.550 e. The minimum absolute atomic E-state index is 0.352. The second-order valence-corrected chi connectivity index (χ2v) is 5.00. The number of carboxylic acids is 1. The standard InChI is InChI=1S/C14H17N3O4/c18-12(9-5-7-15-8-6-9)16-17-13(19)10-3-1-2-4-11(10)14(20)21/h5-8,10-11H,1-4H2,(H,16,18)(H,17,19)(H,20,21)/p-1. The molecular formula is C14H16N3O4-. The summed E-state index contributed by atoms with van der Waals surface area (Å²) in [7, 11) is 0. The molecule has 0 radical (unpaired) electrons. The molecular weight excluding hydrogens is 274 g/mol. The topological polar surface area (TPSA) is 111 Å². The van der Waals surface area contributed by atoms with E-state index in [1.807, 2.05) is 0 Å². The van der Waals surface area contributed by atoms with Crippen molar-refractivity contribution in [2.75, 3.05) is 0 Å². The van der Waals surface area contributed by atoms with Gasteiger partial charge in [-0.25, -0.2) is 0 Å². The Balaban J connectivity index is 1.92. The highest BCUT2D eigenvalue weighted by molar-refractivity contribution is 5.95. The molecule has 1 fully saturated rings. The molecule has 1 aliphatic carbocycles. The maximum Gasteiger partial charge on any atom is 0.269 e. The average molecular weight is 290 g/mol. The maximum absolute atomic E-state index is 12.0. The molecule has 7 heteroatoms. The van der Waals surface area contributed by atoms with E-state index in [0.717, 1.165) is 12.8 Å². The fourth-order valence-corrected chi connectivity index (χ4v) is 2.51. The summed E-state index contributed by atoms with van der Waals surface area (Å²) in [5, 5.41) is 11.0. The lowest BCUT2D eigenvalue weighted by Crippen LogP contribution is -2.49. The highest BCUT2D eigenvalue weighted by atomic mass is 16.4. The number of nitrogens with zero attached hydrogens (tertiary/aromatic N) is 1. The molecule has 0 bridgehead atoms. The van der Waals surface area contributed by atoms with Crippen LogP contribution in [0.25, 0.3) is 0 Å². The van der Waals surface area contributed by atoms with Crippen molar-refractivity contribution in [1.29, 1.82) is 0 Å². The first-order chi connectivity index (χ1) is 10.1. The summed E-state index contributed by atoms with van der Waals surface area (Å²) < 4.78 is 0. The van der Waals surface area contributed by atoms with Gasteiger partial charge in [0.15, 0.2) is 0 Å². The third kappa shape index (κ3) is 3.77. The van der Waals surface area contributed by atoms with Crippen molar-refractivity contribution in [3.8, 4) is 0 Å². The number of hydrogen-bond acceptors (Lipinski definition) is 5. The van der Waals surface area contributed by atoms with E-state index >= 15 is 0 Å². The Kier molecular flexibility index (Phi) is 4.86. The third-order valence-electron chi connectivity index (χ3n) is 3.65. The molecule has 1 saturated carbocycles. The molecule has 2 N–H and O–H groups in total. The molecule has 1 aromatic rings. The number of nitrogens with one attached hydrogen (secondary N) is 2. The minimum Gasteiger partial charge on any atom is -0.550 e. The third-order valence-corrected chi connectivity index (χ3v) is 3.65. The molecule has 1 aromatic heterocycles. The number of carbonyl (C=O) groups excluding carboxylic acids is 3. The molecule has 2 amide bonds. The number of aliphatic carboxylic acids is 1. The van der Waals surface area contributed by atoms with Crippen LogP contribution in [0.3, 0.4) is 0 Å². The molecule has 0 saturated heterocycles. The van der Waals surface area contributed by atoms with Crippen molar-refractivity contribution in [3.63, 3.8) is 0 Å². The van der Waals surface area contributed by atoms with Crippen molar-refractivity contribution < 1.29 is 19.5 Å². The van der Waals surface area contributed by atoms with E-state index in [-0.39, 0.29) is 0 Å². The summed E-state index contributed by atoms with van der Waals surface area (Å²) >= 11 is 0. The lowest BCUT2D eigenvalue weighted by Gasteiger charge is -2.31. The van der Waals surface area contributed by atoms with Crippen LogP contribution in [0, 0.1) is 11.8 Å². The number of amides is 2. The Morgan fingerprint density at radius 2 is 1.67 bits per heavy atom. The zero-order valence-corrected chi connectivity index (χ0v) is 11.4. The molecule has 2 atom stereocenters. The second-order valence-electron chi connectivity index (χ2n) is 5.00. The molecule has 0 spiro atoms. The van der Waals surface area contributed by atoms with Gasteiger partial charge in [0.25, 0.3) is 5.91 Å². The monoisotopic (exact) mass is 290 g/mol. The molecule has 2 rings (SSSR count). The van der Waals surface area contributed by atoms with E-state index in [2.05, 4.69) is 15.8 Å². The summed E-state index contributed by atoms with van der Waals surface area (Å²) in [4.78, 5) is 38.6. The van der Waals surface area contributed by atoms with E-state index in [9.17, 15) is 19.5 Å². The van der Waals surface area contributed by atoms with E-state index in [1.54, 1.807) is 0 Å². The Morgan fingerprint density at radius 3 is 2.29 bits per heavy atom. The molecule has 1 heterocycles. The van der Waals surface area contributed by atoms with Crippen LogP contribution in [0.15, 0.2) is 24.5 Å². The van der Waals surface area contributed by atoms with Gasteiger partial charge in [-0.05, 0) is 25.0 Å². The molecule has 1 aliphatic rings. The SMILES string of the molecule is O=C(NNC(=O)C1CCCCC1C(=O)[O-])c1ccncc1. The van der Waals surface area contributed by atoms with Crippen LogP contribution in [-0.2, 0) is 9.59 Å². The molecule has 2 unspecified atom stereocenters. The van der Waals surface area contributed by atoms with Crippen LogP contribution in [0.5, 0.6) is 0 Å². The van der Waals surface area contributed by atoms with Gasteiger partial charge in [-0.3, -0.25) is 25.4 Å². The lowest BCUT2D eigenvalue weighted by atomic mass is 9.79. The zero-order chi connectivity index (χ0) is 15.2. The second kappa shape index (κ2) is 6.83. The van der Waals surface area contributed by atoms with Gasteiger partial charge >= 0.3 is 0 Å². The summed E-state index contributed by atoms with van der Waals surface area (Å²) in [6, 6.07) is 3.01. The first-order valence-corrected chi connectivity index (χ1v) is 6.80. The summed E-state index contributed by atoms with van der Waals surface area (Å²) in [6.07, 6.45) is 5.40. The number of aromatic nitrogens is 1. The Morgan fingerprint density at radius 1 is 1.05 bits per heavy atom. The van der Waals surface area contributed by atoms with Crippen LogP contribution in [0.2, 0.25) is 0 Å².